The summed E-state index contributed by atoms with van der Waals surface area (Å²) in [5.74, 6) is -0.263. The van der Waals surface area contributed by atoms with Crippen molar-refractivity contribution in [2.75, 3.05) is 13.1 Å². The molecule has 0 spiro atoms. The molecular formula is C15H21N3O. The van der Waals surface area contributed by atoms with Gasteiger partial charge in [-0.1, -0.05) is 30.3 Å². The lowest BCUT2D eigenvalue weighted by molar-refractivity contribution is -0.132. The van der Waals surface area contributed by atoms with Gasteiger partial charge in [-0.05, 0) is 25.8 Å². The summed E-state index contributed by atoms with van der Waals surface area (Å²) < 4.78 is 0. The molecule has 0 bridgehead atoms. The molecule has 2 atom stereocenters. The number of hydrogen-bond donors (Lipinski definition) is 1. The number of nitrogens with zero attached hydrogens (tertiary/aromatic N) is 2. The van der Waals surface area contributed by atoms with Crippen LogP contribution in [0, 0.1) is 17.2 Å². The average Bonchev–Trinajstić information content (AvgIpc) is 2.44. The monoisotopic (exact) mass is 259 g/mol. The van der Waals surface area contributed by atoms with E-state index >= 15 is 0 Å². The molecule has 0 fully saturated rings. The molecule has 19 heavy (non-hydrogen) atoms. The molecular weight excluding hydrogens is 238 g/mol. The van der Waals surface area contributed by atoms with Gasteiger partial charge in [0.05, 0.1) is 18.0 Å². The van der Waals surface area contributed by atoms with Crippen molar-refractivity contribution in [3.05, 3.63) is 35.9 Å². The molecule has 4 nitrogen and oxygen atoms in total. The highest BCUT2D eigenvalue weighted by Gasteiger charge is 2.21. The molecule has 1 rings (SSSR count). The van der Waals surface area contributed by atoms with Gasteiger partial charge in [0, 0.05) is 13.1 Å². The smallest absolute Gasteiger partial charge is 0.239 e. The maximum atomic E-state index is 12.2. The van der Waals surface area contributed by atoms with E-state index in [1.807, 2.05) is 37.3 Å². The van der Waals surface area contributed by atoms with Gasteiger partial charge in [0.1, 0.15) is 0 Å². The van der Waals surface area contributed by atoms with Crippen LogP contribution in [0.3, 0.4) is 0 Å². The van der Waals surface area contributed by atoms with E-state index in [1.54, 1.807) is 11.8 Å². The SMILES string of the molecule is CCN(CC(C)C#N)C(=O)[C@@H](N)Cc1ccccc1. The van der Waals surface area contributed by atoms with E-state index in [0.29, 0.717) is 19.5 Å². The molecule has 0 aromatic heterocycles. The first-order valence-corrected chi connectivity index (χ1v) is 6.56. The maximum absolute atomic E-state index is 12.2. The summed E-state index contributed by atoms with van der Waals surface area (Å²) in [7, 11) is 0. The third-order valence-electron chi connectivity index (χ3n) is 3.02. The van der Waals surface area contributed by atoms with Gasteiger partial charge in [0.15, 0.2) is 0 Å². The topological polar surface area (TPSA) is 70.1 Å². The van der Waals surface area contributed by atoms with Gasteiger partial charge < -0.3 is 10.6 Å². The van der Waals surface area contributed by atoms with Crippen molar-refractivity contribution in [1.29, 1.82) is 5.26 Å². The van der Waals surface area contributed by atoms with Crippen LogP contribution in [0.2, 0.25) is 0 Å². The van der Waals surface area contributed by atoms with Crippen molar-refractivity contribution in [2.24, 2.45) is 11.7 Å². The third kappa shape index (κ3) is 4.72. The Hall–Kier alpha value is -1.86. The van der Waals surface area contributed by atoms with Crippen LogP contribution in [0.25, 0.3) is 0 Å². The Morgan fingerprint density at radius 2 is 2.05 bits per heavy atom. The van der Waals surface area contributed by atoms with Crippen molar-refractivity contribution in [3.8, 4) is 6.07 Å². The van der Waals surface area contributed by atoms with Crippen molar-refractivity contribution >= 4 is 5.91 Å². The molecule has 2 N–H and O–H groups in total. The third-order valence-corrected chi connectivity index (χ3v) is 3.02. The fourth-order valence-electron chi connectivity index (χ4n) is 1.94. The molecule has 0 aliphatic heterocycles. The molecule has 1 aromatic carbocycles. The van der Waals surface area contributed by atoms with Crippen molar-refractivity contribution < 1.29 is 4.79 Å². The molecule has 102 valence electrons. The predicted octanol–water partition coefficient (Wildman–Crippen LogP) is 1.56. The second kappa shape index (κ2) is 7.55. The van der Waals surface area contributed by atoms with Gasteiger partial charge in [-0.3, -0.25) is 4.79 Å². The number of amides is 1. The highest BCUT2D eigenvalue weighted by molar-refractivity contribution is 5.82. The quantitative estimate of drug-likeness (QED) is 0.843. The Morgan fingerprint density at radius 1 is 1.42 bits per heavy atom. The zero-order chi connectivity index (χ0) is 14.3. The van der Waals surface area contributed by atoms with E-state index in [1.165, 1.54) is 0 Å². The van der Waals surface area contributed by atoms with E-state index in [9.17, 15) is 4.79 Å². The van der Waals surface area contributed by atoms with E-state index in [0.717, 1.165) is 5.56 Å². The molecule has 1 aromatic rings. The molecule has 0 aliphatic carbocycles. The minimum Gasteiger partial charge on any atom is -0.340 e. The van der Waals surface area contributed by atoms with E-state index in [2.05, 4.69) is 6.07 Å². The number of carbonyl (C=O) groups excluding carboxylic acids is 1. The molecule has 0 saturated carbocycles. The first kappa shape index (κ1) is 15.2. The number of rotatable bonds is 6. The van der Waals surface area contributed by atoms with Crippen LogP contribution < -0.4 is 5.73 Å². The number of carbonyl (C=O) groups is 1. The molecule has 0 heterocycles. The average molecular weight is 259 g/mol. The van der Waals surface area contributed by atoms with Crippen molar-refractivity contribution in [3.63, 3.8) is 0 Å². The summed E-state index contributed by atoms with van der Waals surface area (Å²) in [6.07, 6.45) is 0.525. The fourth-order valence-corrected chi connectivity index (χ4v) is 1.94. The number of likely N-dealkylation sites (N-methyl/N-ethyl adjacent to an activating group) is 1. The molecule has 1 unspecified atom stereocenters. The highest BCUT2D eigenvalue weighted by atomic mass is 16.2. The van der Waals surface area contributed by atoms with E-state index in [4.69, 9.17) is 11.0 Å². The number of nitriles is 1. The van der Waals surface area contributed by atoms with Gasteiger partial charge in [-0.2, -0.15) is 5.26 Å². The lowest BCUT2D eigenvalue weighted by Gasteiger charge is -2.25. The Kier molecular flexibility index (Phi) is 6.04. The van der Waals surface area contributed by atoms with Crippen LogP contribution in [0.1, 0.15) is 19.4 Å². The summed E-state index contributed by atoms with van der Waals surface area (Å²) in [5, 5.41) is 8.82. The van der Waals surface area contributed by atoms with Gasteiger partial charge in [-0.15, -0.1) is 0 Å². The maximum Gasteiger partial charge on any atom is 0.239 e. The van der Waals surface area contributed by atoms with E-state index < -0.39 is 6.04 Å². The summed E-state index contributed by atoms with van der Waals surface area (Å²) in [6, 6.07) is 11.3. The van der Waals surface area contributed by atoms with Crippen LogP contribution in [0.4, 0.5) is 0 Å². The lowest BCUT2D eigenvalue weighted by atomic mass is 10.0. The fraction of sp³-hybridized carbons (Fsp3) is 0.467. The minimum atomic E-state index is -0.548. The van der Waals surface area contributed by atoms with Crippen molar-refractivity contribution in [2.45, 2.75) is 26.3 Å². The zero-order valence-electron chi connectivity index (χ0n) is 11.5. The van der Waals surface area contributed by atoms with Crippen LogP contribution in [-0.4, -0.2) is 29.9 Å². The number of nitrogens with two attached hydrogens (primary N) is 1. The minimum absolute atomic E-state index is 0.0894. The van der Waals surface area contributed by atoms with Crippen LogP contribution in [-0.2, 0) is 11.2 Å². The normalized spacial score (nSPS) is 13.4. The zero-order valence-corrected chi connectivity index (χ0v) is 11.5. The number of benzene rings is 1. The summed E-state index contributed by atoms with van der Waals surface area (Å²) in [4.78, 5) is 13.9. The van der Waals surface area contributed by atoms with Gasteiger partial charge in [0.25, 0.3) is 0 Å². The lowest BCUT2D eigenvalue weighted by Crippen LogP contribution is -2.46. The first-order chi connectivity index (χ1) is 9.08. The largest absolute Gasteiger partial charge is 0.340 e. The van der Waals surface area contributed by atoms with Crippen LogP contribution >= 0.6 is 0 Å². The highest BCUT2D eigenvalue weighted by Crippen LogP contribution is 2.06. The first-order valence-electron chi connectivity index (χ1n) is 6.56. The Balaban J connectivity index is 2.62. The molecule has 0 aliphatic rings. The molecule has 0 radical (unpaired) electrons. The Labute approximate surface area is 114 Å². The molecule has 0 saturated heterocycles. The Morgan fingerprint density at radius 3 is 2.58 bits per heavy atom. The Bertz CT molecular complexity index is 438. The summed E-state index contributed by atoms with van der Waals surface area (Å²) in [6.45, 7) is 4.72. The van der Waals surface area contributed by atoms with Gasteiger partial charge >= 0.3 is 0 Å². The van der Waals surface area contributed by atoms with Crippen LogP contribution in [0.15, 0.2) is 30.3 Å². The number of hydrogen-bond acceptors (Lipinski definition) is 3. The summed E-state index contributed by atoms with van der Waals surface area (Å²) in [5.41, 5.74) is 7.02. The van der Waals surface area contributed by atoms with Gasteiger partial charge in [-0.25, -0.2) is 0 Å². The molecule has 1 amide bonds. The molecule has 4 heteroatoms. The summed E-state index contributed by atoms with van der Waals surface area (Å²) >= 11 is 0. The van der Waals surface area contributed by atoms with Crippen molar-refractivity contribution in [1.82, 2.24) is 4.90 Å². The van der Waals surface area contributed by atoms with E-state index in [-0.39, 0.29) is 11.8 Å². The van der Waals surface area contributed by atoms with Gasteiger partial charge in [0.2, 0.25) is 5.91 Å². The standard InChI is InChI=1S/C15H21N3O/c1-3-18(11-12(2)10-16)15(19)14(17)9-13-7-5-4-6-8-13/h4-8,12,14H,3,9,11,17H2,1-2H3/t12?,14-/m0/s1. The van der Waals surface area contributed by atoms with Crippen LogP contribution in [0.5, 0.6) is 0 Å². The predicted molar refractivity (Wildman–Crippen MR) is 75.2 cm³/mol. The second-order valence-electron chi connectivity index (χ2n) is 4.70. The second-order valence-corrected chi connectivity index (χ2v) is 4.70.